The molecule has 0 saturated heterocycles. The topological polar surface area (TPSA) is 77.0 Å². The normalized spacial score (nSPS) is 13.7. The van der Waals surface area contributed by atoms with E-state index in [0.717, 1.165) is 40.1 Å². The molecule has 0 unspecified atom stereocenters. The molecular formula is C22H18F2N4O2S2. The second-order valence-electron chi connectivity index (χ2n) is 7.54. The van der Waals surface area contributed by atoms with Crippen molar-refractivity contribution in [2.75, 3.05) is 5.32 Å². The van der Waals surface area contributed by atoms with Crippen molar-refractivity contribution in [3.8, 4) is 17.0 Å². The molecule has 0 radical (unpaired) electrons. The molecule has 1 amide bonds. The first-order chi connectivity index (χ1) is 15.4. The first-order valence-electron chi connectivity index (χ1n) is 9.99. The molecule has 5 rings (SSSR count). The average Bonchev–Trinajstić information content (AvgIpc) is 3.41. The molecule has 0 spiro atoms. The Morgan fingerprint density at radius 3 is 2.72 bits per heavy atom. The predicted molar refractivity (Wildman–Crippen MR) is 121 cm³/mol. The minimum Gasteiger partial charge on any atom is -0.434 e. The number of halogens is 2. The smallest absolute Gasteiger partial charge is 0.387 e. The number of alkyl halides is 2. The van der Waals surface area contributed by atoms with Crippen LogP contribution in [0.3, 0.4) is 0 Å². The number of nitrogens with zero attached hydrogens (tertiary/aromatic N) is 3. The fourth-order valence-electron chi connectivity index (χ4n) is 3.59. The third-order valence-electron chi connectivity index (χ3n) is 5.24. The number of amides is 1. The van der Waals surface area contributed by atoms with Gasteiger partial charge in [-0.15, -0.1) is 22.7 Å². The molecule has 1 N–H and O–H groups in total. The zero-order chi connectivity index (χ0) is 22.4. The van der Waals surface area contributed by atoms with Crippen LogP contribution in [-0.4, -0.2) is 27.5 Å². The van der Waals surface area contributed by atoms with Crippen LogP contribution < -0.4 is 10.1 Å². The molecule has 0 atom stereocenters. The van der Waals surface area contributed by atoms with E-state index in [4.69, 9.17) is 0 Å². The first-order valence-corrected chi connectivity index (χ1v) is 11.7. The number of anilines is 1. The fraction of sp³-hybridized carbons (Fsp3) is 0.273. The van der Waals surface area contributed by atoms with Crippen molar-refractivity contribution in [2.24, 2.45) is 0 Å². The maximum atomic E-state index is 13.0. The number of ether oxygens (including phenoxy) is 1. The fourth-order valence-corrected chi connectivity index (χ4v) is 5.43. The van der Waals surface area contributed by atoms with Crippen molar-refractivity contribution >= 4 is 43.9 Å². The third kappa shape index (κ3) is 3.95. The molecule has 0 bridgehead atoms. The van der Waals surface area contributed by atoms with Gasteiger partial charge >= 0.3 is 6.61 Å². The van der Waals surface area contributed by atoms with E-state index in [1.165, 1.54) is 28.7 Å². The van der Waals surface area contributed by atoms with Crippen LogP contribution in [0, 0.1) is 13.8 Å². The highest BCUT2D eigenvalue weighted by molar-refractivity contribution is 7.21. The number of thiophene rings is 1. The monoisotopic (exact) mass is 472 g/mol. The molecule has 1 fully saturated rings. The summed E-state index contributed by atoms with van der Waals surface area (Å²) in [7, 11) is 0. The summed E-state index contributed by atoms with van der Waals surface area (Å²) in [5.74, 6) is 1.04. The Morgan fingerprint density at radius 1 is 1.19 bits per heavy atom. The number of hydrogen-bond donors (Lipinski definition) is 1. The predicted octanol–water partition coefficient (Wildman–Crippen LogP) is 6.16. The molecule has 1 saturated carbocycles. The van der Waals surface area contributed by atoms with Gasteiger partial charge in [-0.05, 0) is 44.4 Å². The molecule has 0 aliphatic heterocycles. The number of hydrogen-bond acceptors (Lipinski definition) is 7. The van der Waals surface area contributed by atoms with E-state index in [1.54, 1.807) is 23.6 Å². The van der Waals surface area contributed by atoms with E-state index in [9.17, 15) is 13.6 Å². The van der Waals surface area contributed by atoms with Crippen LogP contribution in [0.25, 0.3) is 21.5 Å². The Balaban J connectivity index is 1.41. The van der Waals surface area contributed by atoms with Crippen LogP contribution in [0.2, 0.25) is 0 Å². The Kier molecular flexibility index (Phi) is 5.34. The summed E-state index contributed by atoms with van der Waals surface area (Å²) in [4.78, 5) is 28.1. The van der Waals surface area contributed by atoms with Gasteiger partial charge in [-0.2, -0.15) is 8.78 Å². The maximum absolute atomic E-state index is 13.0. The van der Waals surface area contributed by atoms with Crippen LogP contribution in [0.5, 0.6) is 5.75 Å². The highest BCUT2D eigenvalue weighted by Gasteiger charge is 2.28. The number of aromatic nitrogens is 3. The van der Waals surface area contributed by atoms with Crippen LogP contribution in [0.1, 0.15) is 45.5 Å². The molecule has 3 heterocycles. The van der Waals surface area contributed by atoms with Gasteiger partial charge in [0, 0.05) is 22.2 Å². The number of fused-ring (bicyclic) bond motifs is 1. The highest BCUT2D eigenvalue weighted by atomic mass is 32.1. The van der Waals surface area contributed by atoms with Gasteiger partial charge in [0.1, 0.15) is 16.4 Å². The largest absolute Gasteiger partial charge is 0.434 e. The van der Waals surface area contributed by atoms with Crippen molar-refractivity contribution in [1.29, 1.82) is 0 Å². The van der Waals surface area contributed by atoms with Gasteiger partial charge in [-0.1, -0.05) is 12.1 Å². The van der Waals surface area contributed by atoms with E-state index in [1.807, 2.05) is 13.8 Å². The van der Waals surface area contributed by atoms with Gasteiger partial charge in [0.05, 0.1) is 16.3 Å². The summed E-state index contributed by atoms with van der Waals surface area (Å²) in [5, 5.41) is 5.80. The summed E-state index contributed by atoms with van der Waals surface area (Å²) in [5.41, 5.74) is 2.61. The van der Waals surface area contributed by atoms with Gasteiger partial charge in [0.2, 0.25) is 0 Å². The van der Waals surface area contributed by atoms with E-state index < -0.39 is 6.61 Å². The number of carbonyl (C=O) groups excluding carboxylic acids is 1. The lowest BCUT2D eigenvalue weighted by Gasteiger charge is -2.08. The number of carbonyl (C=O) groups is 1. The van der Waals surface area contributed by atoms with Gasteiger partial charge < -0.3 is 4.74 Å². The van der Waals surface area contributed by atoms with E-state index in [0.29, 0.717) is 27.2 Å². The molecule has 4 aromatic rings. The molecule has 10 heteroatoms. The summed E-state index contributed by atoms with van der Waals surface area (Å²) >= 11 is 2.56. The Hall–Kier alpha value is -2.98. The van der Waals surface area contributed by atoms with Crippen molar-refractivity contribution in [3.63, 3.8) is 0 Å². The van der Waals surface area contributed by atoms with Crippen molar-refractivity contribution in [2.45, 2.75) is 39.2 Å². The van der Waals surface area contributed by atoms with E-state index in [-0.39, 0.29) is 11.7 Å². The Labute approximate surface area is 190 Å². The first kappa shape index (κ1) is 20.9. The van der Waals surface area contributed by atoms with Crippen LogP contribution in [0.15, 0.2) is 29.6 Å². The van der Waals surface area contributed by atoms with Gasteiger partial charge in [-0.25, -0.2) is 15.0 Å². The molecular weight excluding hydrogens is 454 g/mol. The molecule has 1 aliphatic rings. The maximum Gasteiger partial charge on any atom is 0.387 e. The number of rotatable bonds is 6. The lowest BCUT2D eigenvalue weighted by molar-refractivity contribution is -0.0494. The van der Waals surface area contributed by atoms with Crippen LogP contribution in [-0.2, 0) is 0 Å². The minimum absolute atomic E-state index is 0.0338. The molecule has 1 aliphatic carbocycles. The quantitative estimate of drug-likeness (QED) is 0.364. The zero-order valence-electron chi connectivity index (χ0n) is 17.2. The summed E-state index contributed by atoms with van der Waals surface area (Å²) in [6.45, 7) is 0.909. The third-order valence-corrected chi connectivity index (χ3v) is 7.18. The molecule has 164 valence electrons. The van der Waals surface area contributed by atoms with Gasteiger partial charge in [0.25, 0.3) is 5.91 Å². The number of nitrogens with one attached hydrogen (secondary N) is 1. The van der Waals surface area contributed by atoms with E-state index >= 15 is 0 Å². The van der Waals surface area contributed by atoms with Gasteiger partial charge in [0.15, 0.2) is 5.13 Å². The van der Waals surface area contributed by atoms with E-state index in [2.05, 4.69) is 25.0 Å². The lowest BCUT2D eigenvalue weighted by Crippen LogP contribution is -2.11. The molecule has 6 nitrogen and oxygen atoms in total. The molecule has 32 heavy (non-hydrogen) atoms. The van der Waals surface area contributed by atoms with Crippen LogP contribution >= 0.6 is 22.7 Å². The lowest BCUT2D eigenvalue weighted by atomic mass is 10.1. The highest BCUT2D eigenvalue weighted by Crippen LogP contribution is 2.40. The second kappa shape index (κ2) is 8.18. The zero-order valence-corrected chi connectivity index (χ0v) is 18.8. The second-order valence-corrected chi connectivity index (χ2v) is 9.40. The Morgan fingerprint density at radius 2 is 1.97 bits per heavy atom. The minimum atomic E-state index is -2.93. The number of para-hydroxylation sites is 1. The summed E-state index contributed by atoms with van der Waals surface area (Å²) in [6, 6.07) is 6.43. The van der Waals surface area contributed by atoms with Gasteiger partial charge in [-0.3, -0.25) is 10.1 Å². The van der Waals surface area contributed by atoms with Crippen LogP contribution in [0.4, 0.5) is 13.9 Å². The summed E-state index contributed by atoms with van der Waals surface area (Å²) in [6.07, 6.45) is 2.22. The molecule has 3 aromatic heterocycles. The SMILES string of the molecule is Cc1nc(C2CC2)nc2sc(C(=O)Nc3nc(-c4ccccc4OC(F)F)cs3)c(C)c12. The average molecular weight is 473 g/mol. The van der Waals surface area contributed by atoms with Crippen molar-refractivity contribution in [3.05, 3.63) is 51.6 Å². The molecule has 1 aromatic carbocycles. The standard InChI is InChI=1S/C22H18F2N4O2S2/c1-10-16-11(2)25-18(12-7-8-12)27-20(16)32-17(10)19(29)28-22-26-14(9-31-22)13-5-3-4-6-15(13)30-21(23)24/h3-6,9,12,21H,7-8H2,1-2H3,(H,26,28,29). The summed E-state index contributed by atoms with van der Waals surface area (Å²) < 4.78 is 30.0. The number of thiazole rings is 1. The number of aryl methyl sites for hydroxylation is 2. The van der Waals surface area contributed by atoms with Crippen molar-refractivity contribution < 1.29 is 18.3 Å². The number of benzene rings is 1. The van der Waals surface area contributed by atoms with Crippen molar-refractivity contribution in [1.82, 2.24) is 15.0 Å². The Bertz CT molecular complexity index is 1330.